The molecule has 6 nitrogen and oxygen atoms in total. The van der Waals surface area contributed by atoms with Crippen molar-refractivity contribution < 1.29 is 19.1 Å². The number of ether oxygens (including phenoxy) is 1. The van der Waals surface area contributed by atoms with Crippen LogP contribution in [0, 0.1) is 11.3 Å². The van der Waals surface area contributed by atoms with Gasteiger partial charge in [-0.1, -0.05) is 19.3 Å². The van der Waals surface area contributed by atoms with Crippen LogP contribution < -0.4 is 0 Å². The van der Waals surface area contributed by atoms with Crippen LogP contribution in [-0.4, -0.2) is 59.0 Å². The zero-order valence-corrected chi connectivity index (χ0v) is 15.6. The molecule has 0 N–H and O–H groups in total. The van der Waals surface area contributed by atoms with Gasteiger partial charge in [0.1, 0.15) is 11.3 Å². The topological polar surface area (TPSA) is 66.9 Å². The van der Waals surface area contributed by atoms with Gasteiger partial charge in [-0.2, -0.15) is 0 Å². The Labute approximate surface area is 147 Å². The maximum absolute atomic E-state index is 13.3. The fourth-order valence-corrected chi connectivity index (χ4v) is 6.07. The summed E-state index contributed by atoms with van der Waals surface area (Å²) >= 11 is 1.41. The van der Waals surface area contributed by atoms with Crippen LogP contribution in [-0.2, 0) is 19.1 Å². The van der Waals surface area contributed by atoms with E-state index in [0.717, 1.165) is 25.7 Å². The van der Waals surface area contributed by atoms with E-state index in [1.165, 1.54) is 25.3 Å². The fourth-order valence-electron chi connectivity index (χ4n) is 4.82. The number of piperidine rings is 2. The second-order valence-corrected chi connectivity index (χ2v) is 8.31. The molecule has 3 saturated heterocycles. The third-order valence-corrected chi connectivity index (χ3v) is 7.44. The molecule has 3 aliphatic heterocycles. The highest BCUT2D eigenvalue weighted by Crippen LogP contribution is 2.57. The van der Waals surface area contributed by atoms with Crippen LogP contribution in [0.25, 0.3) is 0 Å². The van der Waals surface area contributed by atoms with E-state index < -0.39 is 16.3 Å². The van der Waals surface area contributed by atoms with Crippen LogP contribution in [0.5, 0.6) is 0 Å². The Hall–Kier alpha value is -1.24. The molecule has 2 amide bonds. The van der Waals surface area contributed by atoms with Crippen LogP contribution in [0.2, 0.25) is 0 Å². The monoisotopic (exact) mass is 354 g/mol. The zero-order chi connectivity index (χ0) is 17.7. The van der Waals surface area contributed by atoms with Crippen molar-refractivity contribution in [1.29, 1.82) is 0 Å². The highest BCUT2D eigenvalue weighted by Gasteiger charge is 2.71. The maximum Gasteiger partial charge on any atom is 0.314 e. The van der Waals surface area contributed by atoms with Gasteiger partial charge in [-0.25, -0.2) is 0 Å². The largest absolute Gasteiger partial charge is 0.469 e. The molecular weight excluding hydrogens is 328 g/mol. The average Bonchev–Trinajstić information content (AvgIpc) is 2.61. The second-order valence-electron chi connectivity index (χ2n) is 7.31. The van der Waals surface area contributed by atoms with Crippen LogP contribution >= 0.6 is 11.8 Å². The quantitative estimate of drug-likeness (QED) is 0.571. The van der Waals surface area contributed by atoms with Crippen molar-refractivity contribution in [1.82, 2.24) is 9.80 Å². The normalized spacial score (nSPS) is 37.1. The highest BCUT2D eigenvalue weighted by molar-refractivity contribution is 8.00. The van der Waals surface area contributed by atoms with Gasteiger partial charge in [0.15, 0.2) is 4.99 Å². The Kier molecular flexibility index (Phi) is 4.35. The van der Waals surface area contributed by atoms with Gasteiger partial charge in [0.2, 0.25) is 11.8 Å². The molecule has 0 aromatic carbocycles. The van der Waals surface area contributed by atoms with Crippen molar-refractivity contribution in [3.63, 3.8) is 0 Å². The molecule has 4 rings (SSSR count). The zero-order valence-electron chi connectivity index (χ0n) is 14.8. The minimum Gasteiger partial charge on any atom is -0.469 e. The van der Waals surface area contributed by atoms with E-state index in [9.17, 15) is 14.4 Å². The first-order valence-electron chi connectivity index (χ1n) is 8.59. The summed E-state index contributed by atoms with van der Waals surface area (Å²) in [6.45, 7) is 1.68. The SMILES string of the molecule is COC(=O)[C@H]1C[C@]2(C)C(=O)N(C)[C@@]1(SC)N(C1CCCCC1)C2=O. The lowest BCUT2D eigenvalue weighted by atomic mass is 9.68. The molecule has 0 aromatic rings. The third kappa shape index (κ3) is 2.06. The first-order valence-corrected chi connectivity index (χ1v) is 9.82. The van der Waals surface area contributed by atoms with Crippen molar-refractivity contribution in [2.75, 3.05) is 20.4 Å². The lowest BCUT2D eigenvalue weighted by molar-refractivity contribution is -0.207. The van der Waals surface area contributed by atoms with Crippen LogP contribution in [0.15, 0.2) is 0 Å². The second kappa shape index (κ2) is 5.93. The summed E-state index contributed by atoms with van der Waals surface area (Å²) in [4.78, 5) is 41.2. The Morgan fingerprint density at radius 2 is 1.83 bits per heavy atom. The number of carbonyl (C=O) groups excluding carboxylic acids is 3. The van der Waals surface area contributed by atoms with Crippen molar-refractivity contribution in [2.24, 2.45) is 11.3 Å². The molecule has 4 fully saturated rings. The molecule has 0 spiro atoms. The summed E-state index contributed by atoms with van der Waals surface area (Å²) in [5, 5.41) is 0. The summed E-state index contributed by atoms with van der Waals surface area (Å²) in [5.41, 5.74) is -1.16. The number of hydrogen-bond acceptors (Lipinski definition) is 5. The minimum absolute atomic E-state index is 0.0843. The van der Waals surface area contributed by atoms with Crippen molar-refractivity contribution in [2.45, 2.75) is 56.5 Å². The summed E-state index contributed by atoms with van der Waals surface area (Å²) in [5.74, 6) is -1.17. The van der Waals surface area contributed by atoms with Crippen LogP contribution in [0.3, 0.4) is 0 Å². The Balaban J connectivity index is 2.14. The number of rotatable bonds is 3. The van der Waals surface area contributed by atoms with Gasteiger partial charge in [-0.15, -0.1) is 11.8 Å². The lowest BCUT2D eigenvalue weighted by Gasteiger charge is -2.65. The van der Waals surface area contributed by atoms with Crippen molar-refractivity contribution >= 4 is 29.5 Å². The van der Waals surface area contributed by atoms with Gasteiger partial charge in [-0.3, -0.25) is 14.4 Å². The molecule has 3 atom stereocenters. The third-order valence-electron chi connectivity index (χ3n) is 6.09. The number of nitrogens with zero attached hydrogens (tertiary/aromatic N) is 2. The van der Waals surface area contributed by atoms with Gasteiger partial charge in [0.05, 0.1) is 7.11 Å². The van der Waals surface area contributed by atoms with E-state index in [4.69, 9.17) is 4.74 Å². The van der Waals surface area contributed by atoms with E-state index in [1.54, 1.807) is 18.9 Å². The molecule has 0 radical (unpaired) electrons. The Bertz CT molecular complexity index is 577. The Morgan fingerprint density at radius 3 is 2.38 bits per heavy atom. The molecule has 2 bridgehead atoms. The highest BCUT2D eigenvalue weighted by atomic mass is 32.2. The van der Waals surface area contributed by atoms with Crippen LogP contribution in [0.1, 0.15) is 45.4 Å². The molecule has 3 heterocycles. The van der Waals surface area contributed by atoms with E-state index in [-0.39, 0.29) is 30.2 Å². The molecular formula is C17H26N2O4S. The first-order chi connectivity index (χ1) is 11.3. The molecule has 4 aliphatic rings. The van der Waals surface area contributed by atoms with Gasteiger partial charge in [0.25, 0.3) is 0 Å². The van der Waals surface area contributed by atoms with E-state index >= 15 is 0 Å². The molecule has 1 aliphatic carbocycles. The van der Waals surface area contributed by atoms with E-state index in [0.29, 0.717) is 0 Å². The fraction of sp³-hybridized carbons (Fsp3) is 0.824. The van der Waals surface area contributed by atoms with Gasteiger partial charge in [0, 0.05) is 13.1 Å². The Morgan fingerprint density at radius 1 is 1.21 bits per heavy atom. The number of amides is 2. The van der Waals surface area contributed by atoms with E-state index in [2.05, 4.69) is 0 Å². The molecule has 0 aromatic heterocycles. The van der Waals surface area contributed by atoms with Gasteiger partial charge >= 0.3 is 5.97 Å². The molecule has 24 heavy (non-hydrogen) atoms. The summed E-state index contributed by atoms with van der Waals surface area (Å²) in [6, 6.07) is 0.0843. The van der Waals surface area contributed by atoms with Crippen molar-refractivity contribution in [3.8, 4) is 0 Å². The number of carbonyl (C=O) groups is 3. The van der Waals surface area contributed by atoms with Crippen LogP contribution in [0.4, 0.5) is 0 Å². The molecule has 0 unspecified atom stereocenters. The number of hydrogen-bond donors (Lipinski definition) is 0. The lowest BCUT2D eigenvalue weighted by Crippen LogP contribution is -2.81. The number of methoxy groups -OCH3 is 1. The number of fused-ring (bicyclic) bond motifs is 3. The van der Waals surface area contributed by atoms with E-state index in [1.807, 2.05) is 11.2 Å². The predicted molar refractivity (Wildman–Crippen MR) is 91.0 cm³/mol. The summed E-state index contributed by atoms with van der Waals surface area (Å²) in [7, 11) is 3.09. The van der Waals surface area contributed by atoms with Gasteiger partial charge < -0.3 is 14.5 Å². The summed E-state index contributed by atoms with van der Waals surface area (Å²) in [6.07, 6.45) is 7.30. The van der Waals surface area contributed by atoms with Gasteiger partial charge in [-0.05, 0) is 32.4 Å². The maximum atomic E-state index is 13.3. The average molecular weight is 354 g/mol. The number of thioether (sulfide) groups is 1. The van der Waals surface area contributed by atoms with Crippen molar-refractivity contribution in [3.05, 3.63) is 0 Å². The summed E-state index contributed by atoms with van der Waals surface area (Å²) < 4.78 is 5.04. The predicted octanol–water partition coefficient (Wildman–Crippen LogP) is 1.84. The molecule has 134 valence electrons. The molecule has 7 heteroatoms. The molecule has 1 saturated carbocycles. The minimum atomic E-state index is -1.16. The smallest absolute Gasteiger partial charge is 0.314 e. The standard InChI is InChI=1S/C17H26N2O4S/c1-16-10-12(13(20)23-3)17(24-4,18(2)14(16)21)19(15(16)22)11-8-6-5-7-9-11/h11-12H,5-10H2,1-4H3/t12-,16-,17-/m1/s1. The number of esters is 1. The first kappa shape index (κ1) is 17.6.